The summed E-state index contributed by atoms with van der Waals surface area (Å²) in [4.78, 5) is 3.99. The molecule has 0 radical (unpaired) electrons. The van der Waals surface area contributed by atoms with Crippen LogP contribution in [0.25, 0.3) is 0 Å². The lowest BCUT2D eigenvalue weighted by Gasteiger charge is -2.23. The van der Waals surface area contributed by atoms with Crippen LogP contribution in [0.4, 0.5) is 4.39 Å². The average molecular weight is 197 g/mol. The van der Waals surface area contributed by atoms with E-state index in [9.17, 15) is 9.50 Å². The van der Waals surface area contributed by atoms with E-state index in [0.717, 1.165) is 0 Å². The third-order valence-electron chi connectivity index (χ3n) is 2.34. The van der Waals surface area contributed by atoms with E-state index in [4.69, 9.17) is 0 Å². The zero-order chi connectivity index (χ0) is 10.7. The molecular formula is C11H16FNO. The lowest BCUT2D eigenvalue weighted by atomic mass is 9.87. The highest BCUT2D eigenvalue weighted by Crippen LogP contribution is 2.27. The lowest BCUT2D eigenvalue weighted by Crippen LogP contribution is -2.22. The summed E-state index contributed by atoms with van der Waals surface area (Å²) in [5.41, 5.74) is 0.359. The minimum atomic E-state index is -0.584. The molecule has 0 aliphatic rings. The van der Waals surface area contributed by atoms with Crippen molar-refractivity contribution in [1.29, 1.82) is 0 Å². The van der Waals surface area contributed by atoms with E-state index in [0.29, 0.717) is 5.69 Å². The summed E-state index contributed by atoms with van der Waals surface area (Å²) in [6.45, 7) is 5.57. The summed E-state index contributed by atoms with van der Waals surface area (Å²) < 4.78 is 13.4. The molecule has 0 bridgehead atoms. The number of aliphatic hydroxyl groups excluding tert-OH is 1. The first-order valence-electron chi connectivity index (χ1n) is 4.82. The third-order valence-corrected chi connectivity index (χ3v) is 2.34. The summed E-state index contributed by atoms with van der Waals surface area (Å²) >= 11 is 0. The second-order valence-corrected chi connectivity index (χ2v) is 3.88. The fourth-order valence-electron chi connectivity index (χ4n) is 1.74. The maximum Gasteiger partial charge on any atom is 0.145 e. The Hall–Kier alpha value is -0.960. The number of aliphatic hydroxyl groups is 1. The van der Waals surface area contributed by atoms with Gasteiger partial charge in [-0.1, -0.05) is 13.8 Å². The molecule has 0 aliphatic heterocycles. The smallest absolute Gasteiger partial charge is 0.145 e. The number of hydrogen-bond donors (Lipinski definition) is 1. The van der Waals surface area contributed by atoms with Gasteiger partial charge in [0.2, 0.25) is 0 Å². The van der Waals surface area contributed by atoms with Crippen LogP contribution in [0.5, 0.6) is 0 Å². The van der Waals surface area contributed by atoms with Crippen molar-refractivity contribution in [1.82, 2.24) is 4.98 Å². The number of rotatable bonds is 3. The van der Waals surface area contributed by atoms with E-state index in [-0.39, 0.29) is 17.7 Å². The van der Waals surface area contributed by atoms with E-state index in [1.54, 1.807) is 19.2 Å². The Kier molecular flexibility index (Phi) is 3.58. The normalized spacial score (nSPS) is 15.6. The first-order chi connectivity index (χ1) is 6.54. The van der Waals surface area contributed by atoms with Gasteiger partial charge in [0.1, 0.15) is 5.82 Å². The predicted molar refractivity (Wildman–Crippen MR) is 53.5 cm³/mol. The molecule has 1 rings (SSSR count). The Morgan fingerprint density at radius 3 is 2.43 bits per heavy atom. The number of aromatic nitrogens is 1. The zero-order valence-corrected chi connectivity index (χ0v) is 8.74. The Morgan fingerprint density at radius 1 is 1.36 bits per heavy atom. The van der Waals surface area contributed by atoms with E-state index in [1.807, 2.05) is 13.8 Å². The summed E-state index contributed by atoms with van der Waals surface area (Å²) in [6.07, 6.45) is 0.968. The molecule has 0 spiro atoms. The van der Waals surface area contributed by atoms with E-state index < -0.39 is 6.10 Å². The number of hydrogen-bond acceptors (Lipinski definition) is 2. The largest absolute Gasteiger partial charge is 0.393 e. The van der Waals surface area contributed by atoms with Crippen LogP contribution in [0.2, 0.25) is 0 Å². The molecule has 0 saturated carbocycles. The lowest BCUT2D eigenvalue weighted by molar-refractivity contribution is 0.136. The van der Waals surface area contributed by atoms with E-state index >= 15 is 0 Å². The van der Waals surface area contributed by atoms with Crippen LogP contribution in [0.15, 0.2) is 18.3 Å². The molecule has 2 nitrogen and oxygen atoms in total. The maximum absolute atomic E-state index is 13.4. The molecule has 78 valence electrons. The van der Waals surface area contributed by atoms with Crippen LogP contribution < -0.4 is 0 Å². The third kappa shape index (κ3) is 2.29. The van der Waals surface area contributed by atoms with Gasteiger partial charge in [-0.15, -0.1) is 0 Å². The summed E-state index contributed by atoms with van der Waals surface area (Å²) in [5.74, 6) is -0.414. The molecule has 0 aliphatic carbocycles. The van der Waals surface area contributed by atoms with Crippen LogP contribution in [0.3, 0.4) is 0 Å². The second kappa shape index (κ2) is 4.51. The van der Waals surface area contributed by atoms with Crippen molar-refractivity contribution in [3.8, 4) is 0 Å². The highest BCUT2D eigenvalue weighted by Gasteiger charge is 2.24. The first kappa shape index (κ1) is 11.1. The topological polar surface area (TPSA) is 33.1 Å². The number of halogens is 1. The van der Waals surface area contributed by atoms with Gasteiger partial charge in [-0.2, -0.15) is 0 Å². The van der Waals surface area contributed by atoms with E-state index in [1.165, 1.54) is 6.07 Å². The molecule has 2 atom stereocenters. The molecular weight excluding hydrogens is 181 g/mol. The van der Waals surface area contributed by atoms with Crippen molar-refractivity contribution in [3.05, 3.63) is 29.8 Å². The summed E-state index contributed by atoms with van der Waals surface area (Å²) in [6, 6.07) is 2.93. The Labute approximate surface area is 83.8 Å². The van der Waals surface area contributed by atoms with Crippen molar-refractivity contribution in [3.63, 3.8) is 0 Å². The van der Waals surface area contributed by atoms with Gasteiger partial charge < -0.3 is 5.11 Å². The highest BCUT2D eigenvalue weighted by molar-refractivity contribution is 5.14. The van der Waals surface area contributed by atoms with Gasteiger partial charge in [0.15, 0.2) is 0 Å². The van der Waals surface area contributed by atoms with Crippen molar-refractivity contribution >= 4 is 0 Å². The number of nitrogens with zero attached hydrogens (tertiary/aromatic N) is 1. The van der Waals surface area contributed by atoms with Crippen LogP contribution >= 0.6 is 0 Å². The fraction of sp³-hybridized carbons (Fsp3) is 0.545. The maximum atomic E-state index is 13.4. The molecule has 0 aromatic carbocycles. The van der Waals surface area contributed by atoms with Crippen LogP contribution in [-0.4, -0.2) is 16.2 Å². The molecule has 14 heavy (non-hydrogen) atoms. The van der Waals surface area contributed by atoms with Gasteiger partial charge in [-0.05, 0) is 25.0 Å². The molecule has 0 amide bonds. The van der Waals surface area contributed by atoms with Gasteiger partial charge in [-0.25, -0.2) is 4.39 Å². The fourth-order valence-corrected chi connectivity index (χ4v) is 1.74. The molecule has 0 fully saturated rings. The van der Waals surface area contributed by atoms with Crippen LogP contribution in [0, 0.1) is 11.7 Å². The van der Waals surface area contributed by atoms with Crippen molar-refractivity contribution in [2.24, 2.45) is 5.92 Å². The van der Waals surface area contributed by atoms with Crippen molar-refractivity contribution < 1.29 is 9.50 Å². The van der Waals surface area contributed by atoms with Gasteiger partial charge >= 0.3 is 0 Å². The quantitative estimate of drug-likeness (QED) is 0.806. The highest BCUT2D eigenvalue weighted by atomic mass is 19.1. The Morgan fingerprint density at radius 2 is 2.00 bits per heavy atom. The van der Waals surface area contributed by atoms with Gasteiger partial charge in [-0.3, -0.25) is 4.98 Å². The Balaban J connectivity index is 3.05. The van der Waals surface area contributed by atoms with Crippen molar-refractivity contribution in [2.45, 2.75) is 32.8 Å². The molecule has 1 N–H and O–H groups in total. The molecule has 3 heteroatoms. The molecule has 1 aromatic heterocycles. The average Bonchev–Trinajstić information content (AvgIpc) is 2.07. The van der Waals surface area contributed by atoms with Gasteiger partial charge in [0.05, 0.1) is 11.8 Å². The van der Waals surface area contributed by atoms with Gasteiger partial charge in [0.25, 0.3) is 0 Å². The minimum absolute atomic E-state index is 0.166. The minimum Gasteiger partial charge on any atom is -0.393 e. The van der Waals surface area contributed by atoms with E-state index in [2.05, 4.69) is 4.98 Å². The molecule has 2 unspecified atom stereocenters. The van der Waals surface area contributed by atoms with Crippen molar-refractivity contribution in [2.75, 3.05) is 0 Å². The monoisotopic (exact) mass is 197 g/mol. The van der Waals surface area contributed by atoms with Crippen LogP contribution in [-0.2, 0) is 0 Å². The zero-order valence-electron chi connectivity index (χ0n) is 8.74. The summed E-state index contributed by atoms with van der Waals surface area (Å²) in [7, 11) is 0. The van der Waals surface area contributed by atoms with Crippen LogP contribution in [0.1, 0.15) is 32.4 Å². The SMILES string of the molecule is CC(C)C(c1ncccc1F)C(C)O. The molecule has 1 aromatic rings. The molecule has 0 saturated heterocycles. The Bertz CT molecular complexity index is 291. The standard InChI is InChI=1S/C11H16FNO/c1-7(2)10(8(3)14)11-9(12)5-4-6-13-11/h4-8,10,14H,1-3H3. The summed E-state index contributed by atoms with van der Waals surface area (Å²) in [5, 5.41) is 9.55. The second-order valence-electron chi connectivity index (χ2n) is 3.88. The first-order valence-corrected chi connectivity index (χ1v) is 4.82. The van der Waals surface area contributed by atoms with Gasteiger partial charge in [0, 0.05) is 12.1 Å². The molecule has 1 heterocycles. The predicted octanol–water partition coefficient (Wildman–Crippen LogP) is 2.34. The number of pyridine rings is 1.